The minimum atomic E-state index is -0.378. The number of methoxy groups -OCH3 is 1. The van der Waals surface area contributed by atoms with Crippen LogP contribution in [0.3, 0.4) is 0 Å². The van der Waals surface area contributed by atoms with E-state index in [0.29, 0.717) is 11.1 Å². The first-order valence-corrected chi connectivity index (χ1v) is 6.82. The van der Waals surface area contributed by atoms with Crippen molar-refractivity contribution in [1.82, 2.24) is 0 Å². The minimum Gasteiger partial charge on any atom is -0.465 e. The maximum atomic E-state index is 11.9. The molecule has 0 aliphatic heterocycles. The molecule has 2 aromatic carbocycles. The van der Waals surface area contributed by atoms with Crippen molar-refractivity contribution in [2.24, 2.45) is 0 Å². The van der Waals surface area contributed by atoms with Crippen LogP contribution in [0.2, 0.25) is 0 Å². The van der Waals surface area contributed by atoms with Crippen molar-refractivity contribution in [3.63, 3.8) is 0 Å². The Bertz CT molecular complexity index is 685. The lowest BCUT2D eigenvalue weighted by Gasteiger charge is -2.02. The Hall–Kier alpha value is -2.88. The molecule has 0 radical (unpaired) electrons. The average molecular weight is 295 g/mol. The summed E-state index contributed by atoms with van der Waals surface area (Å²) >= 11 is 0. The van der Waals surface area contributed by atoms with Crippen molar-refractivity contribution in [2.45, 2.75) is 6.92 Å². The summed E-state index contributed by atoms with van der Waals surface area (Å²) in [6.45, 7) is 1.98. The predicted octanol–water partition coefficient (Wildman–Crippen LogP) is 3.59. The van der Waals surface area contributed by atoms with Gasteiger partial charge in [0, 0.05) is 23.5 Å². The molecule has 0 atom stereocenters. The fourth-order valence-electron chi connectivity index (χ4n) is 1.85. The summed E-state index contributed by atoms with van der Waals surface area (Å²) in [5.74, 6) is -0.449. The lowest BCUT2D eigenvalue weighted by Crippen LogP contribution is -2.01. The molecule has 22 heavy (non-hydrogen) atoms. The van der Waals surface area contributed by atoms with Crippen LogP contribution in [0.4, 0.5) is 5.69 Å². The van der Waals surface area contributed by atoms with Crippen LogP contribution < -0.4 is 5.32 Å². The van der Waals surface area contributed by atoms with E-state index in [9.17, 15) is 9.59 Å². The predicted molar refractivity (Wildman–Crippen MR) is 86.1 cm³/mol. The van der Waals surface area contributed by atoms with E-state index in [1.807, 2.05) is 19.1 Å². The van der Waals surface area contributed by atoms with Crippen LogP contribution in [0.25, 0.3) is 0 Å². The van der Waals surface area contributed by atoms with E-state index in [1.165, 1.54) is 13.2 Å². The summed E-state index contributed by atoms with van der Waals surface area (Å²) in [7, 11) is 1.34. The van der Waals surface area contributed by atoms with Crippen LogP contribution in [0.1, 0.15) is 26.3 Å². The van der Waals surface area contributed by atoms with Gasteiger partial charge in [-0.25, -0.2) is 4.79 Å². The molecule has 1 N–H and O–H groups in total. The quantitative estimate of drug-likeness (QED) is 0.520. The van der Waals surface area contributed by atoms with E-state index in [2.05, 4.69) is 10.1 Å². The Morgan fingerprint density at radius 1 is 0.955 bits per heavy atom. The number of ketones is 1. The molecule has 0 saturated heterocycles. The first-order chi connectivity index (χ1) is 10.6. The van der Waals surface area contributed by atoms with Crippen LogP contribution in [-0.4, -0.2) is 18.9 Å². The average Bonchev–Trinajstić information content (AvgIpc) is 2.55. The molecule has 0 spiro atoms. The van der Waals surface area contributed by atoms with Crippen molar-refractivity contribution in [1.29, 1.82) is 0 Å². The van der Waals surface area contributed by atoms with Gasteiger partial charge in [-0.05, 0) is 31.2 Å². The molecule has 4 nitrogen and oxygen atoms in total. The van der Waals surface area contributed by atoms with Crippen molar-refractivity contribution in [2.75, 3.05) is 12.4 Å². The standard InChI is InChI=1S/C18H17NO3/c1-13-3-5-14(6-4-13)17(20)11-12-19-16-9-7-15(8-10-16)18(21)22-2/h3-12,19H,1-2H3/b12-11-. The molecule has 0 aliphatic carbocycles. The second-order valence-corrected chi connectivity index (χ2v) is 4.78. The molecule has 0 saturated carbocycles. The van der Waals surface area contributed by atoms with Crippen LogP contribution in [0, 0.1) is 6.92 Å². The van der Waals surface area contributed by atoms with E-state index in [0.717, 1.165) is 11.3 Å². The van der Waals surface area contributed by atoms with Crippen molar-refractivity contribution < 1.29 is 14.3 Å². The minimum absolute atomic E-state index is 0.0707. The van der Waals surface area contributed by atoms with Gasteiger partial charge < -0.3 is 10.1 Å². The van der Waals surface area contributed by atoms with E-state index >= 15 is 0 Å². The molecule has 2 aromatic rings. The molecule has 0 heterocycles. The molecule has 2 rings (SSSR count). The number of esters is 1. The Balaban J connectivity index is 1.95. The third kappa shape index (κ3) is 4.06. The molecular weight excluding hydrogens is 278 g/mol. The number of nitrogens with one attached hydrogen (secondary N) is 1. The fraction of sp³-hybridized carbons (Fsp3) is 0.111. The number of anilines is 1. The highest BCUT2D eigenvalue weighted by molar-refractivity contribution is 6.04. The second kappa shape index (κ2) is 7.22. The van der Waals surface area contributed by atoms with Gasteiger partial charge in [0.05, 0.1) is 12.7 Å². The summed E-state index contributed by atoms with van der Waals surface area (Å²) in [6, 6.07) is 14.2. The van der Waals surface area contributed by atoms with E-state index < -0.39 is 0 Å². The smallest absolute Gasteiger partial charge is 0.337 e. The zero-order valence-corrected chi connectivity index (χ0v) is 12.5. The highest BCUT2D eigenvalue weighted by Crippen LogP contribution is 2.11. The van der Waals surface area contributed by atoms with Gasteiger partial charge >= 0.3 is 5.97 Å². The van der Waals surface area contributed by atoms with E-state index in [4.69, 9.17) is 0 Å². The number of hydrogen-bond acceptors (Lipinski definition) is 4. The summed E-state index contributed by atoms with van der Waals surface area (Å²) in [4.78, 5) is 23.2. The van der Waals surface area contributed by atoms with Gasteiger partial charge in [0.15, 0.2) is 5.78 Å². The Labute approximate surface area is 129 Å². The summed E-state index contributed by atoms with van der Waals surface area (Å²) < 4.78 is 4.63. The van der Waals surface area contributed by atoms with Gasteiger partial charge in [0.1, 0.15) is 0 Å². The highest BCUT2D eigenvalue weighted by atomic mass is 16.5. The molecule has 4 heteroatoms. The van der Waals surface area contributed by atoms with E-state index in [1.54, 1.807) is 42.6 Å². The Morgan fingerprint density at radius 3 is 2.14 bits per heavy atom. The summed E-state index contributed by atoms with van der Waals surface area (Å²) in [6.07, 6.45) is 3.05. The van der Waals surface area contributed by atoms with Gasteiger partial charge in [0.2, 0.25) is 0 Å². The van der Waals surface area contributed by atoms with Crippen molar-refractivity contribution in [3.05, 3.63) is 77.5 Å². The topological polar surface area (TPSA) is 55.4 Å². The molecule has 0 aromatic heterocycles. The summed E-state index contributed by atoms with van der Waals surface area (Å²) in [5, 5.41) is 2.99. The highest BCUT2D eigenvalue weighted by Gasteiger charge is 2.04. The number of ether oxygens (including phenoxy) is 1. The zero-order valence-electron chi connectivity index (χ0n) is 12.5. The van der Waals surface area contributed by atoms with E-state index in [-0.39, 0.29) is 11.8 Å². The molecule has 0 unspecified atom stereocenters. The van der Waals surface area contributed by atoms with Crippen LogP contribution in [-0.2, 0) is 4.74 Å². The lowest BCUT2D eigenvalue weighted by atomic mass is 10.1. The van der Waals surface area contributed by atoms with Gasteiger partial charge in [-0.3, -0.25) is 4.79 Å². The molecule has 0 aliphatic rings. The van der Waals surface area contributed by atoms with Crippen LogP contribution >= 0.6 is 0 Å². The first kappa shape index (κ1) is 15.5. The molecular formula is C18H17NO3. The van der Waals surface area contributed by atoms with Gasteiger partial charge in [-0.2, -0.15) is 0 Å². The monoisotopic (exact) mass is 295 g/mol. The van der Waals surface area contributed by atoms with Crippen LogP contribution in [0.15, 0.2) is 60.8 Å². The van der Waals surface area contributed by atoms with Crippen molar-refractivity contribution in [3.8, 4) is 0 Å². The maximum absolute atomic E-state index is 11.9. The Morgan fingerprint density at radius 2 is 1.55 bits per heavy atom. The number of hydrogen-bond donors (Lipinski definition) is 1. The van der Waals surface area contributed by atoms with Gasteiger partial charge in [-0.1, -0.05) is 29.8 Å². The number of allylic oxidation sites excluding steroid dienone is 1. The summed E-state index contributed by atoms with van der Waals surface area (Å²) in [5.41, 5.74) is 3.02. The number of aryl methyl sites for hydroxylation is 1. The number of carbonyl (C=O) groups excluding carboxylic acids is 2. The van der Waals surface area contributed by atoms with Crippen LogP contribution in [0.5, 0.6) is 0 Å². The number of benzene rings is 2. The largest absolute Gasteiger partial charge is 0.465 e. The second-order valence-electron chi connectivity index (χ2n) is 4.78. The Kier molecular flexibility index (Phi) is 5.09. The fourth-order valence-corrected chi connectivity index (χ4v) is 1.85. The third-order valence-electron chi connectivity index (χ3n) is 3.13. The van der Waals surface area contributed by atoms with Gasteiger partial charge in [-0.15, -0.1) is 0 Å². The zero-order chi connectivity index (χ0) is 15.9. The SMILES string of the molecule is COC(=O)c1ccc(N/C=C\C(=O)c2ccc(C)cc2)cc1. The van der Waals surface area contributed by atoms with Gasteiger partial charge in [0.25, 0.3) is 0 Å². The molecule has 0 bridgehead atoms. The molecule has 0 fully saturated rings. The molecule has 0 amide bonds. The number of carbonyl (C=O) groups is 2. The third-order valence-corrected chi connectivity index (χ3v) is 3.13. The number of rotatable bonds is 5. The lowest BCUT2D eigenvalue weighted by molar-refractivity contribution is 0.0600. The normalized spacial score (nSPS) is 10.5. The van der Waals surface area contributed by atoms with Crippen molar-refractivity contribution >= 4 is 17.4 Å². The maximum Gasteiger partial charge on any atom is 0.337 e. The molecule has 112 valence electrons. The first-order valence-electron chi connectivity index (χ1n) is 6.82.